The van der Waals surface area contributed by atoms with E-state index < -0.39 is 0 Å². The highest BCUT2D eigenvalue weighted by Gasteiger charge is 2.47. The summed E-state index contributed by atoms with van der Waals surface area (Å²) in [5, 5.41) is 3.97. The number of thiophene rings is 1. The highest BCUT2D eigenvalue weighted by Crippen LogP contribution is 2.54. The average Bonchev–Trinajstić information content (AvgIpc) is 2.63. The molecule has 2 heteroatoms. The van der Waals surface area contributed by atoms with Gasteiger partial charge in [0.15, 0.2) is 5.78 Å². The zero-order valence-electron chi connectivity index (χ0n) is 7.40. The van der Waals surface area contributed by atoms with E-state index in [0.717, 1.165) is 17.4 Å². The molecule has 2 unspecified atom stereocenters. The Morgan fingerprint density at radius 1 is 1.31 bits per heavy atom. The molecular weight excluding hydrogens is 180 g/mol. The molecule has 0 amide bonds. The Morgan fingerprint density at radius 2 is 2.08 bits per heavy atom. The van der Waals surface area contributed by atoms with Crippen molar-refractivity contribution in [1.29, 1.82) is 0 Å². The maximum atomic E-state index is 11.9. The first-order valence-corrected chi connectivity index (χ1v) is 5.85. The fraction of sp³-hybridized carbons (Fsp3) is 0.545. The molecule has 2 saturated carbocycles. The van der Waals surface area contributed by atoms with Crippen molar-refractivity contribution in [1.82, 2.24) is 0 Å². The topological polar surface area (TPSA) is 17.1 Å². The molecule has 0 radical (unpaired) electrons. The van der Waals surface area contributed by atoms with E-state index in [2.05, 4.69) is 0 Å². The molecular formula is C11H12OS. The lowest BCUT2D eigenvalue weighted by Gasteiger charge is -2.08. The van der Waals surface area contributed by atoms with Crippen LogP contribution in [0.3, 0.4) is 0 Å². The predicted molar refractivity (Wildman–Crippen MR) is 53.0 cm³/mol. The zero-order chi connectivity index (χ0) is 8.84. The Hall–Kier alpha value is -0.630. The maximum absolute atomic E-state index is 11.9. The van der Waals surface area contributed by atoms with E-state index in [1.165, 1.54) is 19.3 Å². The van der Waals surface area contributed by atoms with Crippen LogP contribution in [0, 0.1) is 17.8 Å². The van der Waals surface area contributed by atoms with Crippen LogP contribution in [0.15, 0.2) is 16.8 Å². The van der Waals surface area contributed by atoms with Gasteiger partial charge < -0.3 is 0 Å². The Labute approximate surface area is 81.8 Å². The Morgan fingerprint density at radius 3 is 2.69 bits per heavy atom. The van der Waals surface area contributed by atoms with Gasteiger partial charge in [0.25, 0.3) is 0 Å². The van der Waals surface area contributed by atoms with Crippen molar-refractivity contribution in [3.05, 3.63) is 22.4 Å². The molecule has 0 bridgehead atoms. The van der Waals surface area contributed by atoms with E-state index in [1.54, 1.807) is 11.3 Å². The van der Waals surface area contributed by atoms with Crippen LogP contribution in [0.1, 0.15) is 29.6 Å². The van der Waals surface area contributed by atoms with Crippen LogP contribution in [0.25, 0.3) is 0 Å². The Balaban J connectivity index is 1.75. The number of rotatable bonds is 2. The van der Waals surface area contributed by atoms with E-state index in [0.29, 0.717) is 11.7 Å². The van der Waals surface area contributed by atoms with E-state index in [-0.39, 0.29) is 0 Å². The van der Waals surface area contributed by atoms with Crippen LogP contribution in [0.2, 0.25) is 0 Å². The molecule has 2 atom stereocenters. The lowest BCUT2D eigenvalue weighted by atomic mass is 9.95. The van der Waals surface area contributed by atoms with Gasteiger partial charge in [-0.2, -0.15) is 11.3 Å². The lowest BCUT2D eigenvalue weighted by Crippen LogP contribution is -2.11. The predicted octanol–water partition coefficient (Wildman–Crippen LogP) is 2.98. The molecule has 0 N–H and O–H groups in total. The molecule has 1 heterocycles. The normalized spacial score (nSPS) is 35.8. The number of carbonyl (C=O) groups is 1. The minimum atomic E-state index is 0.360. The fourth-order valence-electron chi connectivity index (χ4n) is 2.57. The van der Waals surface area contributed by atoms with Gasteiger partial charge in [0, 0.05) is 16.9 Å². The third-order valence-electron chi connectivity index (χ3n) is 3.42. The quantitative estimate of drug-likeness (QED) is 0.658. The van der Waals surface area contributed by atoms with E-state index >= 15 is 0 Å². The summed E-state index contributed by atoms with van der Waals surface area (Å²) in [6.45, 7) is 0. The van der Waals surface area contributed by atoms with Crippen molar-refractivity contribution in [2.75, 3.05) is 0 Å². The molecule has 2 fully saturated rings. The molecule has 2 aliphatic carbocycles. The average molecular weight is 192 g/mol. The molecule has 0 spiro atoms. The summed E-state index contributed by atoms with van der Waals surface area (Å²) in [5.74, 6) is 2.58. The number of fused-ring (bicyclic) bond motifs is 1. The monoisotopic (exact) mass is 192 g/mol. The molecule has 1 aromatic rings. The van der Waals surface area contributed by atoms with Crippen LogP contribution in [-0.4, -0.2) is 5.78 Å². The molecule has 68 valence electrons. The number of carbonyl (C=O) groups excluding carboxylic acids is 1. The van der Waals surface area contributed by atoms with Crippen LogP contribution < -0.4 is 0 Å². The minimum absolute atomic E-state index is 0.360. The van der Waals surface area contributed by atoms with Gasteiger partial charge in [0.1, 0.15) is 0 Å². The molecule has 0 aliphatic heterocycles. The number of hydrogen-bond acceptors (Lipinski definition) is 2. The Kier molecular flexibility index (Phi) is 1.59. The van der Waals surface area contributed by atoms with E-state index in [4.69, 9.17) is 0 Å². The summed E-state index contributed by atoms with van der Waals surface area (Å²) < 4.78 is 0. The van der Waals surface area contributed by atoms with Gasteiger partial charge in [0.05, 0.1) is 0 Å². The third-order valence-corrected chi connectivity index (χ3v) is 4.10. The summed E-state index contributed by atoms with van der Waals surface area (Å²) in [5.41, 5.74) is 0.941. The molecule has 1 aromatic heterocycles. The molecule has 0 saturated heterocycles. The largest absolute Gasteiger partial charge is 0.294 e. The summed E-state index contributed by atoms with van der Waals surface area (Å²) in [4.78, 5) is 11.9. The highest BCUT2D eigenvalue weighted by atomic mass is 32.1. The fourth-order valence-corrected chi connectivity index (χ4v) is 3.21. The molecule has 13 heavy (non-hydrogen) atoms. The third kappa shape index (κ3) is 1.24. The van der Waals surface area contributed by atoms with Gasteiger partial charge >= 0.3 is 0 Å². The molecule has 3 rings (SSSR count). The SMILES string of the molecule is O=C(c1ccsc1)C1CC2CC2C1. The van der Waals surface area contributed by atoms with Gasteiger partial charge in [0.2, 0.25) is 0 Å². The van der Waals surface area contributed by atoms with Gasteiger partial charge in [-0.3, -0.25) is 4.79 Å². The first-order valence-electron chi connectivity index (χ1n) is 4.91. The van der Waals surface area contributed by atoms with Gasteiger partial charge in [-0.25, -0.2) is 0 Å². The second kappa shape index (κ2) is 2.68. The molecule has 0 aromatic carbocycles. The second-order valence-corrected chi connectivity index (χ2v) is 5.08. The molecule has 2 aliphatic rings. The minimum Gasteiger partial charge on any atom is -0.294 e. The first kappa shape index (κ1) is 7.74. The van der Waals surface area contributed by atoms with E-state index in [9.17, 15) is 4.79 Å². The van der Waals surface area contributed by atoms with E-state index in [1.807, 2.05) is 16.8 Å². The summed E-state index contributed by atoms with van der Waals surface area (Å²) in [6, 6.07) is 1.96. The number of Topliss-reactive ketones (excluding diaryl/α,β-unsaturated/α-hetero) is 1. The van der Waals surface area contributed by atoms with Crippen LogP contribution in [0.4, 0.5) is 0 Å². The van der Waals surface area contributed by atoms with Gasteiger partial charge in [-0.1, -0.05) is 0 Å². The smallest absolute Gasteiger partial charge is 0.166 e. The maximum Gasteiger partial charge on any atom is 0.166 e. The summed E-state index contributed by atoms with van der Waals surface area (Å²) in [6.07, 6.45) is 3.73. The van der Waals surface area contributed by atoms with Gasteiger partial charge in [-0.05, 0) is 42.5 Å². The van der Waals surface area contributed by atoms with Crippen molar-refractivity contribution in [2.45, 2.75) is 19.3 Å². The Bertz CT molecular complexity index is 318. The van der Waals surface area contributed by atoms with Crippen molar-refractivity contribution in [2.24, 2.45) is 17.8 Å². The first-order chi connectivity index (χ1) is 6.34. The summed E-state index contributed by atoms with van der Waals surface area (Å²) in [7, 11) is 0. The van der Waals surface area contributed by atoms with Gasteiger partial charge in [-0.15, -0.1) is 0 Å². The van der Waals surface area contributed by atoms with Crippen molar-refractivity contribution in [3.8, 4) is 0 Å². The van der Waals surface area contributed by atoms with Crippen LogP contribution in [0.5, 0.6) is 0 Å². The van der Waals surface area contributed by atoms with Crippen LogP contribution in [-0.2, 0) is 0 Å². The zero-order valence-corrected chi connectivity index (χ0v) is 8.22. The van der Waals surface area contributed by atoms with Crippen molar-refractivity contribution in [3.63, 3.8) is 0 Å². The number of ketones is 1. The van der Waals surface area contributed by atoms with Crippen molar-refractivity contribution >= 4 is 17.1 Å². The summed E-state index contributed by atoms with van der Waals surface area (Å²) >= 11 is 1.62. The van der Waals surface area contributed by atoms with Crippen LogP contribution >= 0.6 is 11.3 Å². The highest BCUT2D eigenvalue weighted by molar-refractivity contribution is 7.08. The lowest BCUT2D eigenvalue weighted by molar-refractivity contribution is 0.0915. The standard InChI is InChI=1S/C11H12OS/c12-11(7-1-2-13-6-7)10-4-8-3-9(8)5-10/h1-2,6,8-10H,3-5H2. The van der Waals surface area contributed by atoms with Crippen molar-refractivity contribution < 1.29 is 4.79 Å². The second-order valence-electron chi connectivity index (χ2n) is 4.30. The number of hydrogen-bond donors (Lipinski definition) is 0. The molecule has 1 nitrogen and oxygen atoms in total.